The quantitative estimate of drug-likeness (QED) is 0.612. The summed E-state index contributed by atoms with van der Waals surface area (Å²) in [5, 5.41) is 21.2. The molecule has 0 amide bonds. The van der Waals surface area contributed by atoms with Crippen molar-refractivity contribution in [3.8, 4) is 28.6 Å². The van der Waals surface area contributed by atoms with E-state index in [1.54, 1.807) is 23.1 Å². The number of rotatable bonds is 4. The van der Waals surface area contributed by atoms with Gasteiger partial charge in [-0.15, -0.1) is 10.2 Å². The molecule has 0 saturated carbocycles. The van der Waals surface area contributed by atoms with Gasteiger partial charge in [-0.3, -0.25) is 0 Å². The smallest absolute Gasteiger partial charge is 0.335 e. The molecule has 2 heterocycles. The molecule has 122 valence electrons. The molecule has 0 atom stereocenters. The van der Waals surface area contributed by atoms with Crippen molar-refractivity contribution in [2.24, 2.45) is 0 Å². The summed E-state index contributed by atoms with van der Waals surface area (Å²) in [6.07, 6.45) is 3.07. The Morgan fingerprint density at radius 3 is 2.44 bits per heavy atom. The van der Waals surface area contributed by atoms with E-state index in [4.69, 9.17) is 9.52 Å². The third-order valence-corrected chi connectivity index (χ3v) is 3.58. The zero-order valence-electron chi connectivity index (χ0n) is 12.8. The Morgan fingerprint density at radius 2 is 1.76 bits per heavy atom. The fraction of sp³-hybridized carbons (Fsp3) is 0. The number of carbonyl (C=O) groups is 1. The van der Waals surface area contributed by atoms with E-state index in [0.717, 1.165) is 11.3 Å². The topological polar surface area (TPSA) is 107 Å². The summed E-state index contributed by atoms with van der Waals surface area (Å²) in [6, 6.07) is 13.7. The molecule has 0 saturated heterocycles. The second-order valence-corrected chi connectivity index (χ2v) is 5.19. The first kappa shape index (κ1) is 14.8. The lowest BCUT2D eigenvalue weighted by Gasteiger charge is -2.01. The van der Waals surface area contributed by atoms with Crippen LogP contribution in [0.15, 0.2) is 65.6 Å². The summed E-state index contributed by atoms with van der Waals surface area (Å²) in [5.41, 5.74) is 2.32. The van der Waals surface area contributed by atoms with Gasteiger partial charge in [0.05, 0.1) is 11.3 Å². The van der Waals surface area contributed by atoms with Gasteiger partial charge in [-0.2, -0.15) is 5.10 Å². The molecule has 4 aromatic rings. The molecule has 0 unspecified atom stereocenters. The summed E-state index contributed by atoms with van der Waals surface area (Å²) >= 11 is 0. The van der Waals surface area contributed by atoms with Crippen LogP contribution in [-0.4, -0.2) is 36.0 Å². The number of nitrogens with zero attached hydrogens (tertiary/aromatic N) is 5. The molecule has 25 heavy (non-hydrogen) atoms. The number of hydrogen-bond acceptors (Lipinski definition) is 6. The van der Waals surface area contributed by atoms with E-state index in [9.17, 15) is 4.79 Å². The Kier molecular flexibility index (Phi) is 3.55. The summed E-state index contributed by atoms with van der Waals surface area (Å²) in [6.45, 7) is 0. The Balaban J connectivity index is 1.63. The van der Waals surface area contributed by atoms with Crippen LogP contribution >= 0.6 is 0 Å². The molecule has 0 fully saturated rings. The first-order valence-electron chi connectivity index (χ1n) is 7.33. The van der Waals surface area contributed by atoms with Gasteiger partial charge >= 0.3 is 5.97 Å². The average molecular weight is 333 g/mol. The summed E-state index contributed by atoms with van der Waals surface area (Å²) in [7, 11) is 0. The van der Waals surface area contributed by atoms with Crippen LogP contribution in [0.1, 0.15) is 10.4 Å². The number of aromatic nitrogens is 5. The molecule has 8 nitrogen and oxygen atoms in total. The molecule has 0 aliphatic carbocycles. The third-order valence-electron chi connectivity index (χ3n) is 3.58. The monoisotopic (exact) mass is 333 g/mol. The minimum atomic E-state index is -1.01. The van der Waals surface area contributed by atoms with Crippen molar-refractivity contribution >= 4 is 5.97 Å². The minimum Gasteiger partial charge on any atom is -0.478 e. The van der Waals surface area contributed by atoms with Gasteiger partial charge in [0.1, 0.15) is 12.7 Å². The molecule has 0 aliphatic rings. The third kappa shape index (κ3) is 2.88. The molecule has 1 N–H and O–H groups in total. The van der Waals surface area contributed by atoms with Crippen LogP contribution in [0, 0.1) is 0 Å². The molecule has 0 spiro atoms. The van der Waals surface area contributed by atoms with Crippen molar-refractivity contribution in [1.82, 2.24) is 25.0 Å². The van der Waals surface area contributed by atoms with E-state index in [1.807, 2.05) is 24.3 Å². The number of carboxylic acids is 1. The highest BCUT2D eigenvalue weighted by Crippen LogP contribution is 2.25. The highest BCUT2D eigenvalue weighted by atomic mass is 16.4. The molecule has 0 radical (unpaired) electrons. The van der Waals surface area contributed by atoms with Crippen molar-refractivity contribution in [2.75, 3.05) is 0 Å². The first-order chi connectivity index (χ1) is 12.2. The number of hydrogen-bond donors (Lipinski definition) is 1. The summed E-state index contributed by atoms with van der Waals surface area (Å²) < 4.78 is 7.31. The fourth-order valence-electron chi connectivity index (χ4n) is 2.34. The van der Waals surface area contributed by atoms with E-state index in [-0.39, 0.29) is 11.5 Å². The second kappa shape index (κ2) is 6.00. The van der Waals surface area contributed by atoms with E-state index in [2.05, 4.69) is 20.3 Å². The molecule has 2 aromatic heterocycles. The van der Waals surface area contributed by atoms with Crippen LogP contribution in [0.2, 0.25) is 0 Å². The van der Waals surface area contributed by atoms with Crippen LogP contribution in [0.25, 0.3) is 28.6 Å². The van der Waals surface area contributed by atoms with Gasteiger partial charge in [-0.1, -0.05) is 6.07 Å². The van der Waals surface area contributed by atoms with Crippen LogP contribution in [0.3, 0.4) is 0 Å². The zero-order chi connectivity index (χ0) is 17.2. The second-order valence-electron chi connectivity index (χ2n) is 5.19. The van der Waals surface area contributed by atoms with E-state index < -0.39 is 5.97 Å². The van der Waals surface area contributed by atoms with Gasteiger partial charge in [0.25, 0.3) is 0 Å². The largest absolute Gasteiger partial charge is 0.478 e. The lowest BCUT2D eigenvalue weighted by Crippen LogP contribution is -1.95. The predicted molar refractivity (Wildman–Crippen MR) is 87.0 cm³/mol. The van der Waals surface area contributed by atoms with Crippen LogP contribution < -0.4 is 0 Å². The molecule has 4 rings (SSSR count). The summed E-state index contributed by atoms with van der Waals surface area (Å²) in [4.78, 5) is 15.0. The molecular formula is C17H11N5O3. The maximum atomic E-state index is 11.1. The minimum absolute atomic E-state index is 0.162. The average Bonchev–Trinajstić information content (AvgIpc) is 3.34. The van der Waals surface area contributed by atoms with Gasteiger partial charge in [0, 0.05) is 11.1 Å². The Morgan fingerprint density at radius 1 is 1.00 bits per heavy atom. The van der Waals surface area contributed by atoms with E-state index >= 15 is 0 Å². The Bertz CT molecular complexity index is 1020. The fourth-order valence-corrected chi connectivity index (χ4v) is 2.34. The SMILES string of the molecule is O=C(O)c1cccc(-c2nnc(-c3ccc(-n4cncn4)cc3)o2)c1. The van der Waals surface area contributed by atoms with Crippen LogP contribution in [-0.2, 0) is 0 Å². The van der Waals surface area contributed by atoms with Crippen molar-refractivity contribution in [3.05, 3.63) is 66.7 Å². The molecular weight excluding hydrogens is 322 g/mol. The number of aromatic carboxylic acids is 1. The number of carboxylic acid groups (broad SMARTS) is 1. The zero-order valence-corrected chi connectivity index (χ0v) is 12.8. The van der Waals surface area contributed by atoms with Gasteiger partial charge in [0.15, 0.2) is 0 Å². The van der Waals surface area contributed by atoms with Crippen LogP contribution in [0.4, 0.5) is 0 Å². The highest BCUT2D eigenvalue weighted by molar-refractivity contribution is 5.88. The first-order valence-corrected chi connectivity index (χ1v) is 7.33. The number of benzene rings is 2. The summed E-state index contributed by atoms with van der Waals surface area (Å²) in [5.74, 6) is -0.399. The molecule has 0 aliphatic heterocycles. The highest BCUT2D eigenvalue weighted by Gasteiger charge is 2.12. The van der Waals surface area contributed by atoms with Crippen molar-refractivity contribution < 1.29 is 14.3 Å². The lowest BCUT2D eigenvalue weighted by atomic mass is 10.1. The predicted octanol–water partition coefficient (Wildman–Crippen LogP) is 2.68. The normalized spacial score (nSPS) is 10.7. The standard InChI is InChI=1S/C17H11N5O3/c23-17(24)13-3-1-2-12(8-13)16-21-20-15(25-16)11-4-6-14(7-5-11)22-10-18-9-19-22/h1-10H,(H,23,24). The van der Waals surface area contributed by atoms with Gasteiger partial charge in [-0.05, 0) is 42.5 Å². The van der Waals surface area contributed by atoms with E-state index in [1.165, 1.54) is 18.5 Å². The van der Waals surface area contributed by atoms with Crippen molar-refractivity contribution in [2.45, 2.75) is 0 Å². The molecule has 8 heteroatoms. The Labute approximate surface area is 141 Å². The molecule has 2 aromatic carbocycles. The lowest BCUT2D eigenvalue weighted by molar-refractivity contribution is 0.0697. The van der Waals surface area contributed by atoms with Crippen LogP contribution in [0.5, 0.6) is 0 Å². The van der Waals surface area contributed by atoms with E-state index in [0.29, 0.717) is 11.5 Å². The molecule has 0 bridgehead atoms. The van der Waals surface area contributed by atoms with Crippen molar-refractivity contribution in [1.29, 1.82) is 0 Å². The van der Waals surface area contributed by atoms with Crippen molar-refractivity contribution in [3.63, 3.8) is 0 Å². The van der Waals surface area contributed by atoms with Gasteiger partial charge in [-0.25, -0.2) is 14.5 Å². The maximum Gasteiger partial charge on any atom is 0.335 e. The van der Waals surface area contributed by atoms with Gasteiger partial charge in [0.2, 0.25) is 11.8 Å². The maximum absolute atomic E-state index is 11.1. The van der Waals surface area contributed by atoms with Gasteiger partial charge < -0.3 is 9.52 Å². The Hall–Kier alpha value is -3.81.